The zero-order chi connectivity index (χ0) is 15.0. The molecule has 0 amide bonds. The molecule has 3 unspecified atom stereocenters. The van der Waals surface area contributed by atoms with Gasteiger partial charge < -0.3 is 14.6 Å². The first kappa shape index (κ1) is 17.9. The van der Waals surface area contributed by atoms with E-state index in [1.807, 2.05) is 0 Å². The normalized spacial score (nSPS) is 27.8. The van der Waals surface area contributed by atoms with Crippen LogP contribution in [0.3, 0.4) is 0 Å². The van der Waals surface area contributed by atoms with Crippen LogP contribution >= 0.6 is 0 Å². The Labute approximate surface area is 125 Å². The minimum absolute atomic E-state index is 0.00523. The fraction of sp³-hybridized carbons (Fsp3) is 1.00. The fourth-order valence-electron chi connectivity index (χ4n) is 2.90. The van der Waals surface area contributed by atoms with E-state index in [1.54, 1.807) is 0 Å². The SMILES string of the molecule is CCCCOCCOC1CC(C(C)(C)CC)CCC1O. The van der Waals surface area contributed by atoms with Gasteiger partial charge in [0.1, 0.15) is 0 Å². The molecule has 0 aromatic carbocycles. The highest BCUT2D eigenvalue weighted by molar-refractivity contribution is 4.87. The lowest BCUT2D eigenvalue weighted by molar-refractivity contribution is -0.0964. The predicted molar refractivity (Wildman–Crippen MR) is 82.9 cm³/mol. The summed E-state index contributed by atoms with van der Waals surface area (Å²) in [4.78, 5) is 0. The van der Waals surface area contributed by atoms with Gasteiger partial charge in [0.25, 0.3) is 0 Å². The topological polar surface area (TPSA) is 38.7 Å². The van der Waals surface area contributed by atoms with Crippen LogP contribution in [0.15, 0.2) is 0 Å². The van der Waals surface area contributed by atoms with Crippen molar-refractivity contribution in [3.8, 4) is 0 Å². The van der Waals surface area contributed by atoms with E-state index in [9.17, 15) is 5.11 Å². The van der Waals surface area contributed by atoms with Crippen molar-refractivity contribution >= 4 is 0 Å². The van der Waals surface area contributed by atoms with Crippen LogP contribution in [0.1, 0.15) is 66.2 Å². The van der Waals surface area contributed by atoms with Crippen molar-refractivity contribution in [2.24, 2.45) is 11.3 Å². The Morgan fingerprint density at radius 3 is 2.50 bits per heavy atom. The summed E-state index contributed by atoms with van der Waals surface area (Å²) >= 11 is 0. The molecule has 0 radical (unpaired) electrons. The summed E-state index contributed by atoms with van der Waals surface area (Å²) in [5.74, 6) is 0.655. The first-order valence-corrected chi connectivity index (χ1v) is 8.38. The molecule has 0 saturated heterocycles. The summed E-state index contributed by atoms with van der Waals surface area (Å²) in [6, 6.07) is 0. The third-order valence-corrected chi connectivity index (χ3v) is 4.98. The van der Waals surface area contributed by atoms with E-state index in [2.05, 4.69) is 27.7 Å². The zero-order valence-electron chi connectivity index (χ0n) is 13.9. The highest BCUT2D eigenvalue weighted by Gasteiger charge is 2.36. The van der Waals surface area contributed by atoms with Gasteiger partial charge in [-0.15, -0.1) is 0 Å². The monoisotopic (exact) mass is 286 g/mol. The molecule has 0 aliphatic heterocycles. The van der Waals surface area contributed by atoms with Crippen LogP contribution in [-0.4, -0.2) is 37.1 Å². The molecule has 0 spiro atoms. The van der Waals surface area contributed by atoms with E-state index < -0.39 is 0 Å². The second-order valence-electron chi connectivity index (χ2n) is 6.79. The molecule has 1 fully saturated rings. The number of hydrogen-bond donors (Lipinski definition) is 1. The van der Waals surface area contributed by atoms with Gasteiger partial charge in [-0.05, 0) is 37.0 Å². The molecule has 1 aliphatic rings. The molecule has 3 heteroatoms. The standard InChI is InChI=1S/C17H34O3/c1-5-7-10-19-11-12-20-16-13-14(8-9-15(16)18)17(3,4)6-2/h14-16,18H,5-13H2,1-4H3. The Hall–Kier alpha value is -0.120. The lowest BCUT2D eigenvalue weighted by Crippen LogP contribution is -2.40. The zero-order valence-corrected chi connectivity index (χ0v) is 13.9. The maximum absolute atomic E-state index is 10.1. The molecule has 1 aliphatic carbocycles. The molecule has 0 bridgehead atoms. The van der Waals surface area contributed by atoms with Crippen molar-refractivity contribution in [1.29, 1.82) is 0 Å². The highest BCUT2D eigenvalue weighted by atomic mass is 16.5. The molecule has 3 atom stereocenters. The summed E-state index contributed by atoms with van der Waals surface area (Å²) in [7, 11) is 0. The van der Waals surface area contributed by atoms with Gasteiger partial charge in [0.15, 0.2) is 0 Å². The quantitative estimate of drug-likeness (QED) is 0.655. The third-order valence-electron chi connectivity index (χ3n) is 4.98. The van der Waals surface area contributed by atoms with Crippen molar-refractivity contribution in [2.45, 2.75) is 78.4 Å². The third kappa shape index (κ3) is 5.71. The van der Waals surface area contributed by atoms with Crippen molar-refractivity contribution < 1.29 is 14.6 Å². The van der Waals surface area contributed by atoms with E-state index in [4.69, 9.17) is 9.47 Å². The van der Waals surface area contributed by atoms with Crippen LogP contribution in [0, 0.1) is 11.3 Å². The number of unbranched alkanes of at least 4 members (excludes halogenated alkanes) is 1. The molecule has 0 heterocycles. The average Bonchev–Trinajstić information content (AvgIpc) is 2.44. The summed E-state index contributed by atoms with van der Waals surface area (Å²) in [6.45, 7) is 11.1. The van der Waals surface area contributed by atoms with Gasteiger partial charge in [-0.2, -0.15) is 0 Å². The van der Waals surface area contributed by atoms with E-state index in [1.165, 1.54) is 6.42 Å². The van der Waals surface area contributed by atoms with Crippen LogP contribution in [0.4, 0.5) is 0 Å². The van der Waals surface area contributed by atoms with E-state index in [0.717, 1.165) is 38.7 Å². The van der Waals surface area contributed by atoms with Crippen LogP contribution in [0.5, 0.6) is 0 Å². The number of ether oxygens (including phenoxy) is 2. The Balaban J connectivity index is 2.29. The van der Waals surface area contributed by atoms with E-state index in [-0.39, 0.29) is 12.2 Å². The summed E-state index contributed by atoms with van der Waals surface area (Å²) in [6.07, 6.45) is 6.13. The van der Waals surface area contributed by atoms with Gasteiger partial charge in [0.2, 0.25) is 0 Å². The minimum atomic E-state index is -0.297. The predicted octanol–water partition coefficient (Wildman–Crippen LogP) is 3.79. The van der Waals surface area contributed by atoms with Crippen LogP contribution in [0.2, 0.25) is 0 Å². The maximum Gasteiger partial charge on any atom is 0.0837 e. The van der Waals surface area contributed by atoms with E-state index in [0.29, 0.717) is 24.5 Å². The molecule has 120 valence electrons. The van der Waals surface area contributed by atoms with Crippen molar-refractivity contribution in [1.82, 2.24) is 0 Å². The minimum Gasteiger partial charge on any atom is -0.390 e. The first-order chi connectivity index (χ1) is 9.51. The van der Waals surface area contributed by atoms with Gasteiger partial charge in [-0.1, -0.05) is 40.5 Å². The molecule has 20 heavy (non-hydrogen) atoms. The van der Waals surface area contributed by atoms with E-state index >= 15 is 0 Å². The number of aliphatic hydroxyl groups is 1. The molecular formula is C17H34O3. The van der Waals surface area contributed by atoms with Crippen molar-refractivity contribution in [3.63, 3.8) is 0 Å². The molecule has 1 saturated carbocycles. The number of aliphatic hydroxyl groups excluding tert-OH is 1. The Morgan fingerprint density at radius 2 is 1.85 bits per heavy atom. The Bertz CT molecular complexity index is 253. The number of rotatable bonds is 9. The molecule has 0 aromatic heterocycles. The number of hydrogen-bond acceptors (Lipinski definition) is 3. The molecule has 1 rings (SSSR count). The van der Waals surface area contributed by atoms with Gasteiger partial charge >= 0.3 is 0 Å². The molecule has 3 nitrogen and oxygen atoms in total. The van der Waals surface area contributed by atoms with Crippen molar-refractivity contribution in [2.75, 3.05) is 19.8 Å². The van der Waals surface area contributed by atoms with Crippen LogP contribution in [-0.2, 0) is 9.47 Å². The average molecular weight is 286 g/mol. The lowest BCUT2D eigenvalue weighted by Gasteiger charge is -2.41. The largest absolute Gasteiger partial charge is 0.390 e. The van der Waals surface area contributed by atoms with Crippen LogP contribution in [0.25, 0.3) is 0 Å². The van der Waals surface area contributed by atoms with Gasteiger partial charge in [0, 0.05) is 6.61 Å². The summed E-state index contributed by atoms with van der Waals surface area (Å²) in [5.41, 5.74) is 0.347. The fourth-order valence-corrected chi connectivity index (χ4v) is 2.90. The first-order valence-electron chi connectivity index (χ1n) is 8.38. The Morgan fingerprint density at radius 1 is 1.10 bits per heavy atom. The second-order valence-corrected chi connectivity index (χ2v) is 6.79. The highest BCUT2D eigenvalue weighted by Crippen LogP contribution is 2.41. The molecule has 0 aromatic rings. The lowest BCUT2D eigenvalue weighted by atomic mass is 9.68. The molecular weight excluding hydrogens is 252 g/mol. The van der Waals surface area contributed by atoms with Crippen molar-refractivity contribution in [3.05, 3.63) is 0 Å². The summed E-state index contributed by atoms with van der Waals surface area (Å²) in [5, 5.41) is 10.1. The second kappa shape index (κ2) is 9.01. The van der Waals surface area contributed by atoms with Crippen LogP contribution < -0.4 is 0 Å². The van der Waals surface area contributed by atoms with Gasteiger partial charge in [0.05, 0.1) is 25.4 Å². The smallest absolute Gasteiger partial charge is 0.0837 e. The molecule has 1 N–H and O–H groups in total. The summed E-state index contributed by atoms with van der Waals surface area (Å²) < 4.78 is 11.4. The van der Waals surface area contributed by atoms with Gasteiger partial charge in [-0.25, -0.2) is 0 Å². The van der Waals surface area contributed by atoms with Gasteiger partial charge in [-0.3, -0.25) is 0 Å². The Kier molecular flexibility index (Phi) is 8.08. The maximum atomic E-state index is 10.1.